The van der Waals surface area contributed by atoms with Gasteiger partial charge >= 0.3 is 0 Å². The lowest BCUT2D eigenvalue weighted by Crippen LogP contribution is -2.24. The Morgan fingerprint density at radius 2 is 2.07 bits per heavy atom. The SMILES string of the molecule is C/C(=N\NC(=O)Cc1nc2sc(C)c(C)c2c(=O)[nH]1)c1ccc(Cl)cc1Cl. The first kappa shape index (κ1) is 19.5. The van der Waals surface area contributed by atoms with E-state index in [4.69, 9.17) is 23.2 Å². The maximum atomic E-state index is 12.3. The number of rotatable bonds is 4. The molecule has 0 aliphatic heterocycles. The van der Waals surface area contributed by atoms with Crippen molar-refractivity contribution in [1.82, 2.24) is 15.4 Å². The molecule has 0 unspecified atom stereocenters. The van der Waals surface area contributed by atoms with Crippen LogP contribution in [-0.2, 0) is 11.2 Å². The topological polar surface area (TPSA) is 87.2 Å². The number of amides is 1. The third-order valence-corrected chi connectivity index (χ3v) is 5.73. The molecule has 0 radical (unpaired) electrons. The molecule has 6 nitrogen and oxygen atoms in total. The molecule has 9 heteroatoms. The fraction of sp³-hybridized carbons (Fsp3) is 0.222. The fourth-order valence-electron chi connectivity index (χ4n) is 2.56. The van der Waals surface area contributed by atoms with Crippen LogP contribution in [-0.4, -0.2) is 21.6 Å². The average Bonchev–Trinajstić information content (AvgIpc) is 2.87. The van der Waals surface area contributed by atoms with Gasteiger partial charge in [-0.05, 0) is 38.5 Å². The smallest absolute Gasteiger partial charge is 0.259 e. The Balaban J connectivity index is 1.76. The molecule has 0 saturated heterocycles. The number of benzene rings is 1. The highest BCUT2D eigenvalue weighted by atomic mass is 35.5. The van der Waals surface area contributed by atoms with Gasteiger partial charge in [0.25, 0.3) is 5.56 Å². The van der Waals surface area contributed by atoms with E-state index in [-0.39, 0.29) is 12.0 Å². The molecule has 140 valence electrons. The maximum absolute atomic E-state index is 12.3. The van der Waals surface area contributed by atoms with Crippen LogP contribution < -0.4 is 11.0 Å². The van der Waals surface area contributed by atoms with Crippen molar-refractivity contribution in [3.63, 3.8) is 0 Å². The first-order valence-corrected chi connectivity index (χ1v) is 9.61. The van der Waals surface area contributed by atoms with Crippen molar-refractivity contribution in [3.8, 4) is 0 Å². The van der Waals surface area contributed by atoms with Gasteiger partial charge in [-0.15, -0.1) is 11.3 Å². The van der Waals surface area contributed by atoms with Crippen LogP contribution in [0.25, 0.3) is 10.2 Å². The molecule has 0 aliphatic carbocycles. The number of hydrogen-bond acceptors (Lipinski definition) is 5. The van der Waals surface area contributed by atoms with Crippen molar-refractivity contribution in [1.29, 1.82) is 0 Å². The Morgan fingerprint density at radius 1 is 1.33 bits per heavy atom. The summed E-state index contributed by atoms with van der Waals surface area (Å²) in [5.74, 6) is -0.101. The molecular weight excluding hydrogens is 407 g/mol. The average molecular weight is 423 g/mol. The Morgan fingerprint density at radius 3 is 2.78 bits per heavy atom. The molecule has 0 spiro atoms. The number of fused-ring (bicyclic) bond motifs is 1. The van der Waals surface area contributed by atoms with E-state index in [9.17, 15) is 9.59 Å². The van der Waals surface area contributed by atoms with E-state index in [0.717, 1.165) is 10.4 Å². The summed E-state index contributed by atoms with van der Waals surface area (Å²) in [5.41, 5.74) is 4.33. The van der Waals surface area contributed by atoms with Crippen molar-refractivity contribution < 1.29 is 4.79 Å². The van der Waals surface area contributed by atoms with E-state index >= 15 is 0 Å². The lowest BCUT2D eigenvalue weighted by atomic mass is 10.1. The summed E-state index contributed by atoms with van der Waals surface area (Å²) in [6.07, 6.45) is -0.0910. The van der Waals surface area contributed by atoms with Crippen LogP contribution in [0.3, 0.4) is 0 Å². The van der Waals surface area contributed by atoms with Crippen molar-refractivity contribution in [2.24, 2.45) is 5.10 Å². The molecule has 2 aromatic heterocycles. The Bertz CT molecular complexity index is 1130. The molecule has 2 N–H and O–H groups in total. The first-order chi connectivity index (χ1) is 12.8. The molecule has 0 fully saturated rings. The van der Waals surface area contributed by atoms with Gasteiger partial charge in [0.2, 0.25) is 5.91 Å². The largest absolute Gasteiger partial charge is 0.309 e. The zero-order valence-corrected chi connectivity index (χ0v) is 17.1. The monoisotopic (exact) mass is 422 g/mol. The van der Waals surface area contributed by atoms with Gasteiger partial charge in [0.05, 0.1) is 22.5 Å². The predicted octanol–water partition coefficient (Wildman–Crippen LogP) is 3.99. The van der Waals surface area contributed by atoms with E-state index in [1.807, 2.05) is 13.8 Å². The van der Waals surface area contributed by atoms with Crippen LogP contribution in [0, 0.1) is 13.8 Å². The number of aryl methyl sites for hydroxylation is 2. The molecule has 1 amide bonds. The van der Waals surface area contributed by atoms with Crippen molar-refractivity contribution in [2.75, 3.05) is 0 Å². The number of carbonyl (C=O) groups excluding carboxylic acids is 1. The Labute approximate surface area is 169 Å². The minimum absolute atomic E-state index is 0.0910. The van der Waals surface area contributed by atoms with Gasteiger partial charge in [-0.3, -0.25) is 9.59 Å². The third kappa shape index (κ3) is 4.21. The highest BCUT2D eigenvalue weighted by molar-refractivity contribution is 7.18. The van der Waals surface area contributed by atoms with Gasteiger partial charge in [-0.1, -0.05) is 29.3 Å². The van der Waals surface area contributed by atoms with Gasteiger partial charge in [0.15, 0.2) is 0 Å². The molecule has 0 saturated carbocycles. The summed E-state index contributed by atoms with van der Waals surface area (Å²) in [6.45, 7) is 5.54. The standard InChI is InChI=1S/C18H16Cl2N4O2S/c1-8-10(3)27-18-16(8)17(26)21-14(22-18)7-15(25)24-23-9(2)12-5-4-11(19)6-13(12)20/h4-6H,7H2,1-3H3,(H,24,25)(H,21,22,26)/b23-9+. The highest BCUT2D eigenvalue weighted by Gasteiger charge is 2.13. The van der Waals surface area contributed by atoms with E-state index < -0.39 is 5.91 Å². The quantitative estimate of drug-likeness (QED) is 0.491. The zero-order valence-electron chi connectivity index (χ0n) is 14.8. The third-order valence-electron chi connectivity index (χ3n) is 4.09. The Hall–Kier alpha value is -2.22. The number of thiophene rings is 1. The second kappa shape index (κ2) is 7.80. The molecule has 0 bridgehead atoms. The number of aromatic amines is 1. The summed E-state index contributed by atoms with van der Waals surface area (Å²) < 4.78 is 0. The molecular formula is C18H16Cl2N4O2S. The van der Waals surface area contributed by atoms with Gasteiger partial charge in [0.1, 0.15) is 10.7 Å². The summed E-state index contributed by atoms with van der Waals surface area (Å²) in [6, 6.07) is 5.02. The number of H-pyrrole nitrogens is 1. The number of aromatic nitrogens is 2. The second-order valence-corrected chi connectivity index (χ2v) is 8.06. The van der Waals surface area contributed by atoms with Crippen LogP contribution in [0.5, 0.6) is 0 Å². The lowest BCUT2D eigenvalue weighted by molar-refractivity contribution is -0.120. The second-order valence-electron chi connectivity index (χ2n) is 6.01. The molecule has 3 aromatic rings. The summed E-state index contributed by atoms with van der Waals surface area (Å²) in [4.78, 5) is 33.1. The number of nitrogens with zero attached hydrogens (tertiary/aromatic N) is 2. The Kier molecular flexibility index (Phi) is 5.64. The first-order valence-electron chi connectivity index (χ1n) is 8.03. The van der Waals surface area contributed by atoms with E-state index in [1.54, 1.807) is 25.1 Å². The number of nitrogens with one attached hydrogen (secondary N) is 2. The number of halogens is 2. The zero-order chi connectivity index (χ0) is 19.7. The number of carbonyl (C=O) groups is 1. The van der Waals surface area contributed by atoms with Gasteiger partial charge in [-0.25, -0.2) is 10.4 Å². The molecule has 0 atom stereocenters. The van der Waals surface area contributed by atoms with Crippen molar-refractivity contribution in [3.05, 3.63) is 60.4 Å². The van der Waals surface area contributed by atoms with Crippen molar-refractivity contribution >= 4 is 56.4 Å². The van der Waals surface area contributed by atoms with Crippen LogP contribution >= 0.6 is 34.5 Å². The molecule has 27 heavy (non-hydrogen) atoms. The van der Waals surface area contributed by atoms with Crippen LogP contribution in [0.4, 0.5) is 0 Å². The lowest BCUT2D eigenvalue weighted by Gasteiger charge is -2.05. The van der Waals surface area contributed by atoms with Crippen molar-refractivity contribution in [2.45, 2.75) is 27.2 Å². The maximum Gasteiger partial charge on any atom is 0.259 e. The normalized spacial score (nSPS) is 11.8. The number of hydrogen-bond donors (Lipinski definition) is 2. The minimum atomic E-state index is -0.396. The van der Waals surface area contributed by atoms with Gasteiger partial charge in [-0.2, -0.15) is 5.10 Å². The predicted molar refractivity (Wildman–Crippen MR) is 110 cm³/mol. The highest BCUT2D eigenvalue weighted by Crippen LogP contribution is 2.25. The summed E-state index contributed by atoms with van der Waals surface area (Å²) >= 11 is 13.4. The van der Waals surface area contributed by atoms with Gasteiger partial charge in [0, 0.05) is 15.5 Å². The van der Waals surface area contributed by atoms with E-state index in [2.05, 4.69) is 20.5 Å². The fourth-order valence-corrected chi connectivity index (χ4v) is 4.16. The molecule has 2 heterocycles. The minimum Gasteiger partial charge on any atom is -0.309 e. The molecule has 1 aromatic carbocycles. The van der Waals surface area contributed by atoms with E-state index in [0.29, 0.717) is 37.4 Å². The molecule has 3 rings (SSSR count). The number of hydrazone groups is 1. The molecule has 0 aliphatic rings. The van der Waals surface area contributed by atoms with E-state index in [1.165, 1.54) is 11.3 Å². The van der Waals surface area contributed by atoms with Crippen LogP contribution in [0.1, 0.15) is 28.8 Å². The van der Waals surface area contributed by atoms with Crippen LogP contribution in [0.15, 0.2) is 28.1 Å². The van der Waals surface area contributed by atoms with Gasteiger partial charge < -0.3 is 4.98 Å². The summed E-state index contributed by atoms with van der Waals surface area (Å²) in [5, 5.41) is 5.59. The van der Waals surface area contributed by atoms with Crippen LogP contribution in [0.2, 0.25) is 10.0 Å². The summed E-state index contributed by atoms with van der Waals surface area (Å²) in [7, 11) is 0.